The Morgan fingerprint density at radius 1 is 0.522 bits per heavy atom. The van der Waals surface area contributed by atoms with Crippen LogP contribution >= 0.6 is 0 Å². The van der Waals surface area contributed by atoms with E-state index in [0.29, 0.717) is 19.3 Å². The summed E-state index contributed by atoms with van der Waals surface area (Å²) in [4.78, 5) is 35.9. The molecule has 0 rings (SSSR count). The lowest BCUT2D eigenvalue weighted by Gasteiger charge is -2.18. The van der Waals surface area contributed by atoms with Crippen LogP contribution < -0.4 is 0 Å². The van der Waals surface area contributed by atoms with Crippen LogP contribution in [0, 0.1) is 0 Å². The van der Waals surface area contributed by atoms with E-state index in [1.54, 1.807) is 0 Å². The van der Waals surface area contributed by atoms with Gasteiger partial charge in [-0.05, 0) is 44.9 Å². The van der Waals surface area contributed by atoms with Gasteiger partial charge < -0.3 is 14.2 Å². The van der Waals surface area contributed by atoms with Gasteiger partial charge in [-0.2, -0.15) is 0 Å². The molecule has 0 aromatic carbocycles. The number of carbonyl (C=O) groups excluding carboxylic acids is 3. The summed E-state index contributed by atoms with van der Waals surface area (Å²) in [7, 11) is 0. The van der Waals surface area contributed by atoms with Crippen molar-refractivity contribution in [3.8, 4) is 0 Å². The highest BCUT2D eigenvalue weighted by molar-refractivity contribution is 5.70. The van der Waals surface area contributed by atoms with E-state index in [-0.39, 0.29) is 31.1 Å². The monoisotopic (exact) mass is 649 g/mol. The van der Waals surface area contributed by atoms with Crippen LogP contribution in [-0.4, -0.2) is 37.2 Å². The molecule has 0 aromatic rings. The van der Waals surface area contributed by atoms with Crippen molar-refractivity contribution in [2.24, 2.45) is 0 Å². The molecule has 0 aliphatic heterocycles. The zero-order valence-electron chi connectivity index (χ0n) is 30.3. The number of esters is 3. The Balaban J connectivity index is 3.96. The second-order valence-corrected chi connectivity index (χ2v) is 12.9. The second kappa shape index (κ2) is 35.7. The van der Waals surface area contributed by atoms with Gasteiger partial charge in [0, 0.05) is 26.2 Å². The van der Waals surface area contributed by atoms with Crippen LogP contribution in [0.1, 0.15) is 194 Å². The molecule has 0 bridgehead atoms. The SMILES string of the molecule is CCCCC/C=C\C/C=C\CCCCCCCC(=O)OC(CCOC(C)=O)COC(=O)CCCCCCCCCCCCCCC. The third-order valence-electron chi connectivity index (χ3n) is 8.29. The maximum Gasteiger partial charge on any atom is 0.306 e. The zero-order chi connectivity index (χ0) is 33.8. The molecular formula is C40H72O6. The topological polar surface area (TPSA) is 78.9 Å². The highest BCUT2D eigenvalue weighted by atomic mass is 16.6. The van der Waals surface area contributed by atoms with Crippen molar-refractivity contribution >= 4 is 17.9 Å². The molecule has 0 saturated heterocycles. The second-order valence-electron chi connectivity index (χ2n) is 12.9. The van der Waals surface area contributed by atoms with Crippen LogP contribution in [-0.2, 0) is 28.6 Å². The highest BCUT2D eigenvalue weighted by Crippen LogP contribution is 2.14. The van der Waals surface area contributed by atoms with Gasteiger partial charge in [0.2, 0.25) is 0 Å². The van der Waals surface area contributed by atoms with Crippen LogP contribution in [0.25, 0.3) is 0 Å². The number of unbranched alkanes of at least 4 members (excludes halogenated alkanes) is 20. The first-order chi connectivity index (χ1) is 22.5. The minimum Gasteiger partial charge on any atom is -0.466 e. The number of allylic oxidation sites excluding steroid dienone is 4. The number of hydrogen-bond acceptors (Lipinski definition) is 6. The van der Waals surface area contributed by atoms with Crippen molar-refractivity contribution in [3.05, 3.63) is 24.3 Å². The molecule has 0 saturated carbocycles. The fourth-order valence-corrected chi connectivity index (χ4v) is 5.38. The van der Waals surface area contributed by atoms with Crippen molar-refractivity contribution in [3.63, 3.8) is 0 Å². The molecule has 0 amide bonds. The fourth-order valence-electron chi connectivity index (χ4n) is 5.38. The first-order valence-corrected chi connectivity index (χ1v) is 19.3. The molecule has 0 aliphatic rings. The Hall–Kier alpha value is -2.11. The molecule has 0 aromatic heterocycles. The summed E-state index contributed by atoms with van der Waals surface area (Å²) in [5.41, 5.74) is 0. The molecule has 6 heteroatoms. The molecule has 6 nitrogen and oxygen atoms in total. The Morgan fingerprint density at radius 2 is 0.957 bits per heavy atom. The normalized spacial score (nSPS) is 12.2. The van der Waals surface area contributed by atoms with Gasteiger partial charge in [-0.25, -0.2) is 0 Å². The van der Waals surface area contributed by atoms with E-state index in [9.17, 15) is 14.4 Å². The summed E-state index contributed by atoms with van der Waals surface area (Å²) in [6.07, 6.45) is 38.3. The Morgan fingerprint density at radius 3 is 1.48 bits per heavy atom. The molecule has 1 atom stereocenters. The summed E-state index contributed by atoms with van der Waals surface area (Å²) in [5, 5.41) is 0. The number of carbonyl (C=O) groups is 3. The Labute approximate surface area is 283 Å². The molecule has 0 radical (unpaired) electrons. The maximum atomic E-state index is 12.5. The van der Waals surface area contributed by atoms with Crippen LogP contribution in [0.15, 0.2) is 24.3 Å². The third kappa shape index (κ3) is 34.8. The summed E-state index contributed by atoms with van der Waals surface area (Å²) in [5.74, 6) is -0.925. The van der Waals surface area contributed by atoms with E-state index in [2.05, 4.69) is 38.2 Å². The van der Waals surface area contributed by atoms with Gasteiger partial charge in [0.15, 0.2) is 0 Å². The molecule has 0 spiro atoms. The minimum atomic E-state index is -0.597. The predicted molar refractivity (Wildman–Crippen MR) is 192 cm³/mol. The van der Waals surface area contributed by atoms with E-state index in [1.165, 1.54) is 103 Å². The van der Waals surface area contributed by atoms with Gasteiger partial charge in [-0.1, -0.05) is 147 Å². The molecule has 0 heterocycles. The zero-order valence-corrected chi connectivity index (χ0v) is 30.3. The van der Waals surface area contributed by atoms with Crippen molar-refractivity contribution in [2.45, 2.75) is 200 Å². The van der Waals surface area contributed by atoms with E-state index in [1.807, 2.05) is 0 Å². The summed E-state index contributed by atoms with van der Waals surface area (Å²) in [6, 6.07) is 0. The van der Waals surface area contributed by atoms with Crippen molar-refractivity contribution in [1.29, 1.82) is 0 Å². The first-order valence-electron chi connectivity index (χ1n) is 19.3. The number of ether oxygens (including phenoxy) is 3. The van der Waals surface area contributed by atoms with Crippen LogP contribution in [0.4, 0.5) is 0 Å². The quantitative estimate of drug-likeness (QED) is 0.0299. The van der Waals surface area contributed by atoms with Gasteiger partial charge in [-0.15, -0.1) is 0 Å². The van der Waals surface area contributed by atoms with Crippen molar-refractivity contribution < 1.29 is 28.6 Å². The van der Waals surface area contributed by atoms with Gasteiger partial charge in [-0.3, -0.25) is 14.4 Å². The summed E-state index contributed by atoms with van der Waals surface area (Å²) in [6.45, 7) is 5.98. The molecular weight excluding hydrogens is 576 g/mol. The van der Waals surface area contributed by atoms with E-state index < -0.39 is 6.10 Å². The highest BCUT2D eigenvalue weighted by Gasteiger charge is 2.17. The molecule has 1 unspecified atom stereocenters. The van der Waals surface area contributed by atoms with Crippen molar-refractivity contribution in [1.82, 2.24) is 0 Å². The van der Waals surface area contributed by atoms with Crippen molar-refractivity contribution in [2.75, 3.05) is 13.2 Å². The van der Waals surface area contributed by atoms with Gasteiger partial charge in [0.1, 0.15) is 12.7 Å². The molecule has 268 valence electrons. The summed E-state index contributed by atoms with van der Waals surface area (Å²) < 4.78 is 16.1. The third-order valence-corrected chi connectivity index (χ3v) is 8.29. The van der Waals surface area contributed by atoms with Crippen LogP contribution in [0.3, 0.4) is 0 Å². The summed E-state index contributed by atoms with van der Waals surface area (Å²) >= 11 is 0. The largest absolute Gasteiger partial charge is 0.466 e. The number of rotatable bonds is 34. The minimum absolute atomic E-state index is 0.00640. The Kier molecular flexibility index (Phi) is 34.1. The van der Waals surface area contributed by atoms with Gasteiger partial charge in [0.25, 0.3) is 0 Å². The average molecular weight is 649 g/mol. The standard InChI is InChI=1S/C40H72O6/c1-4-6-8-10-12-14-16-18-19-21-23-25-27-29-31-33-40(43)46-38(34-35-44-37(3)41)36-45-39(42)32-30-28-26-24-22-20-17-15-13-11-9-7-5-2/h12,14,18-19,38H,4-11,13,15-17,20-36H2,1-3H3/b14-12-,19-18-. The fraction of sp³-hybridized carbons (Fsp3) is 0.825. The maximum absolute atomic E-state index is 12.5. The predicted octanol–water partition coefficient (Wildman–Crippen LogP) is 11.7. The molecule has 0 N–H and O–H groups in total. The first kappa shape index (κ1) is 43.9. The smallest absolute Gasteiger partial charge is 0.306 e. The van der Waals surface area contributed by atoms with E-state index >= 15 is 0 Å². The molecule has 0 fully saturated rings. The lowest BCUT2D eigenvalue weighted by Crippen LogP contribution is -2.27. The lowest BCUT2D eigenvalue weighted by molar-refractivity contribution is -0.161. The van der Waals surface area contributed by atoms with Gasteiger partial charge >= 0.3 is 17.9 Å². The lowest BCUT2D eigenvalue weighted by atomic mass is 10.0. The van der Waals surface area contributed by atoms with E-state index in [0.717, 1.165) is 57.8 Å². The van der Waals surface area contributed by atoms with Gasteiger partial charge in [0.05, 0.1) is 6.61 Å². The number of hydrogen-bond donors (Lipinski definition) is 0. The Bertz CT molecular complexity index is 759. The molecule has 46 heavy (non-hydrogen) atoms. The average Bonchev–Trinajstić information content (AvgIpc) is 3.03. The van der Waals surface area contributed by atoms with Crippen LogP contribution in [0.5, 0.6) is 0 Å². The van der Waals surface area contributed by atoms with Crippen LogP contribution in [0.2, 0.25) is 0 Å². The molecule has 0 aliphatic carbocycles. The van der Waals surface area contributed by atoms with E-state index in [4.69, 9.17) is 14.2 Å².